The fraction of sp³-hybridized carbons (Fsp3) is 0.267. The number of anilines is 1. The molecule has 1 aliphatic heterocycles. The van der Waals surface area contributed by atoms with Gasteiger partial charge in [-0.1, -0.05) is 38.1 Å². The Morgan fingerprint density at radius 1 is 0.917 bits per heavy atom. The lowest BCUT2D eigenvalue weighted by molar-refractivity contribution is -0.132. The standard InChI is InChI=1S/C30H31NO5/c1-5-35-23-16-12-22(13-17-23)31-27(25-9-7-6-8-20(25)4)26(29(33)30(31)34)28(32)21-10-14-24(15-11-21)36-18-19(2)3/h6-17,19,27,32H,5,18H2,1-4H3/b28-26-. The Kier molecular flexibility index (Phi) is 7.44. The summed E-state index contributed by atoms with van der Waals surface area (Å²) in [7, 11) is 0. The number of hydrogen-bond donors (Lipinski definition) is 1. The van der Waals surface area contributed by atoms with Crippen LogP contribution < -0.4 is 14.4 Å². The van der Waals surface area contributed by atoms with Crippen LogP contribution >= 0.6 is 0 Å². The number of aliphatic hydroxyl groups is 1. The molecule has 36 heavy (non-hydrogen) atoms. The third-order valence-corrected chi connectivity index (χ3v) is 6.06. The molecule has 3 aromatic carbocycles. The Morgan fingerprint density at radius 3 is 2.14 bits per heavy atom. The molecular formula is C30H31NO5. The zero-order valence-electron chi connectivity index (χ0n) is 21.0. The maximum atomic E-state index is 13.4. The fourth-order valence-electron chi connectivity index (χ4n) is 4.28. The predicted octanol–water partition coefficient (Wildman–Crippen LogP) is 6.05. The minimum Gasteiger partial charge on any atom is -0.507 e. The first-order valence-electron chi connectivity index (χ1n) is 12.1. The SMILES string of the molecule is CCOc1ccc(N2C(=O)C(=O)/C(=C(\O)c3ccc(OCC(C)C)cc3)C2c2ccccc2C)cc1. The maximum Gasteiger partial charge on any atom is 0.300 e. The fourth-order valence-corrected chi connectivity index (χ4v) is 4.28. The van der Waals surface area contributed by atoms with Crippen LogP contribution in [0.5, 0.6) is 11.5 Å². The molecule has 1 saturated heterocycles. The van der Waals surface area contributed by atoms with Gasteiger partial charge in [-0.15, -0.1) is 0 Å². The molecule has 0 aromatic heterocycles. The van der Waals surface area contributed by atoms with Gasteiger partial charge in [0, 0.05) is 11.3 Å². The van der Waals surface area contributed by atoms with E-state index in [0.29, 0.717) is 41.9 Å². The van der Waals surface area contributed by atoms with E-state index in [1.807, 2.05) is 38.1 Å². The van der Waals surface area contributed by atoms with Gasteiger partial charge >= 0.3 is 0 Å². The van der Waals surface area contributed by atoms with Gasteiger partial charge in [0.15, 0.2) is 0 Å². The summed E-state index contributed by atoms with van der Waals surface area (Å²) >= 11 is 0. The molecule has 6 heteroatoms. The Hall–Kier alpha value is -4.06. The highest BCUT2D eigenvalue weighted by atomic mass is 16.5. The first kappa shape index (κ1) is 25.0. The van der Waals surface area contributed by atoms with Crippen LogP contribution in [0, 0.1) is 12.8 Å². The van der Waals surface area contributed by atoms with Crippen molar-refractivity contribution in [2.45, 2.75) is 33.7 Å². The van der Waals surface area contributed by atoms with Crippen LogP contribution in [0.2, 0.25) is 0 Å². The highest BCUT2D eigenvalue weighted by Gasteiger charge is 2.47. The van der Waals surface area contributed by atoms with Gasteiger partial charge in [-0.25, -0.2) is 0 Å². The predicted molar refractivity (Wildman–Crippen MR) is 140 cm³/mol. The Labute approximate surface area is 211 Å². The summed E-state index contributed by atoms with van der Waals surface area (Å²) in [6.45, 7) is 9.05. The number of ketones is 1. The Balaban J connectivity index is 1.80. The molecule has 0 aliphatic carbocycles. The van der Waals surface area contributed by atoms with E-state index in [1.54, 1.807) is 48.5 Å². The van der Waals surface area contributed by atoms with Gasteiger partial charge in [-0.3, -0.25) is 14.5 Å². The van der Waals surface area contributed by atoms with E-state index < -0.39 is 17.7 Å². The maximum absolute atomic E-state index is 13.4. The van der Waals surface area contributed by atoms with E-state index in [9.17, 15) is 14.7 Å². The number of nitrogens with zero attached hydrogens (tertiary/aromatic N) is 1. The Morgan fingerprint density at radius 2 is 1.53 bits per heavy atom. The molecular weight excluding hydrogens is 454 g/mol. The van der Waals surface area contributed by atoms with Crippen LogP contribution in [-0.2, 0) is 9.59 Å². The van der Waals surface area contributed by atoms with Gasteiger partial charge < -0.3 is 14.6 Å². The second kappa shape index (κ2) is 10.7. The average molecular weight is 486 g/mol. The van der Waals surface area contributed by atoms with E-state index in [4.69, 9.17) is 9.47 Å². The molecule has 6 nitrogen and oxygen atoms in total. The molecule has 0 radical (unpaired) electrons. The lowest BCUT2D eigenvalue weighted by Crippen LogP contribution is -2.29. The van der Waals surface area contributed by atoms with Crippen LogP contribution in [-0.4, -0.2) is 30.0 Å². The van der Waals surface area contributed by atoms with Crippen LogP contribution in [0.25, 0.3) is 5.76 Å². The molecule has 1 fully saturated rings. The van der Waals surface area contributed by atoms with Crippen molar-refractivity contribution in [3.05, 3.63) is 95.1 Å². The summed E-state index contributed by atoms with van der Waals surface area (Å²) in [5.41, 5.74) is 2.71. The molecule has 186 valence electrons. The van der Waals surface area contributed by atoms with Crippen LogP contribution in [0.15, 0.2) is 78.4 Å². The molecule has 1 heterocycles. The van der Waals surface area contributed by atoms with Crippen molar-refractivity contribution in [2.75, 3.05) is 18.1 Å². The average Bonchev–Trinajstić information content (AvgIpc) is 3.13. The molecule has 0 saturated carbocycles. The largest absolute Gasteiger partial charge is 0.507 e. The quantitative estimate of drug-likeness (QED) is 0.239. The summed E-state index contributed by atoms with van der Waals surface area (Å²) in [6, 6.07) is 20.7. The number of amides is 1. The van der Waals surface area contributed by atoms with Crippen molar-refractivity contribution < 1.29 is 24.2 Å². The van der Waals surface area contributed by atoms with Gasteiger partial charge in [-0.05, 0) is 79.4 Å². The number of aryl methyl sites for hydroxylation is 1. The van der Waals surface area contributed by atoms with E-state index >= 15 is 0 Å². The van der Waals surface area contributed by atoms with E-state index in [2.05, 4.69) is 13.8 Å². The van der Waals surface area contributed by atoms with Crippen molar-refractivity contribution in [1.82, 2.24) is 0 Å². The van der Waals surface area contributed by atoms with Crippen molar-refractivity contribution in [1.29, 1.82) is 0 Å². The molecule has 1 unspecified atom stereocenters. The second-order valence-corrected chi connectivity index (χ2v) is 9.18. The summed E-state index contributed by atoms with van der Waals surface area (Å²) in [6.07, 6.45) is 0. The number of Topliss-reactive ketones (excluding diaryl/α,β-unsaturated/α-hetero) is 1. The third-order valence-electron chi connectivity index (χ3n) is 6.06. The van der Waals surface area contributed by atoms with Crippen LogP contribution in [0.3, 0.4) is 0 Å². The van der Waals surface area contributed by atoms with E-state index in [1.165, 1.54) is 4.90 Å². The van der Waals surface area contributed by atoms with Crippen LogP contribution in [0.4, 0.5) is 5.69 Å². The van der Waals surface area contributed by atoms with Gasteiger partial charge in [0.2, 0.25) is 0 Å². The molecule has 4 rings (SSSR count). The summed E-state index contributed by atoms with van der Waals surface area (Å²) in [4.78, 5) is 28.1. The smallest absolute Gasteiger partial charge is 0.300 e. The van der Waals surface area contributed by atoms with Crippen LogP contribution in [0.1, 0.15) is 43.5 Å². The molecule has 3 aromatic rings. The van der Waals surface area contributed by atoms with Gasteiger partial charge in [0.25, 0.3) is 11.7 Å². The van der Waals surface area contributed by atoms with Crippen molar-refractivity contribution >= 4 is 23.1 Å². The number of rotatable bonds is 8. The first-order valence-corrected chi connectivity index (χ1v) is 12.1. The zero-order valence-corrected chi connectivity index (χ0v) is 21.0. The zero-order chi connectivity index (χ0) is 25.8. The summed E-state index contributed by atoms with van der Waals surface area (Å²) < 4.78 is 11.3. The highest BCUT2D eigenvalue weighted by molar-refractivity contribution is 6.51. The van der Waals surface area contributed by atoms with Crippen molar-refractivity contribution in [3.63, 3.8) is 0 Å². The van der Waals surface area contributed by atoms with E-state index in [0.717, 1.165) is 11.1 Å². The van der Waals surface area contributed by atoms with Crippen molar-refractivity contribution in [2.24, 2.45) is 5.92 Å². The van der Waals surface area contributed by atoms with Gasteiger partial charge in [0.05, 0.1) is 24.8 Å². The minimum atomic E-state index is -0.777. The monoisotopic (exact) mass is 485 g/mol. The van der Waals surface area contributed by atoms with Crippen molar-refractivity contribution in [3.8, 4) is 11.5 Å². The highest BCUT2D eigenvalue weighted by Crippen LogP contribution is 2.43. The van der Waals surface area contributed by atoms with Gasteiger partial charge in [-0.2, -0.15) is 0 Å². The number of aliphatic hydroxyl groups excluding tert-OH is 1. The summed E-state index contributed by atoms with van der Waals surface area (Å²) in [5.74, 6) is 0.0902. The minimum absolute atomic E-state index is 0.0547. The molecule has 0 bridgehead atoms. The molecule has 1 atom stereocenters. The molecule has 1 aliphatic rings. The van der Waals surface area contributed by atoms with Gasteiger partial charge in [0.1, 0.15) is 17.3 Å². The molecule has 0 spiro atoms. The topological polar surface area (TPSA) is 76.1 Å². The lowest BCUT2D eigenvalue weighted by Gasteiger charge is -2.26. The number of hydrogen-bond acceptors (Lipinski definition) is 5. The number of carbonyl (C=O) groups is 2. The van der Waals surface area contributed by atoms with E-state index in [-0.39, 0.29) is 11.3 Å². The second-order valence-electron chi connectivity index (χ2n) is 9.18. The number of carbonyl (C=O) groups excluding carboxylic acids is 2. The molecule has 1 amide bonds. The number of benzene rings is 3. The Bertz CT molecular complexity index is 1280. The number of ether oxygens (including phenoxy) is 2. The normalized spacial score (nSPS) is 17.0. The third kappa shape index (κ3) is 4.98. The summed E-state index contributed by atoms with van der Waals surface area (Å²) in [5, 5.41) is 11.3. The molecule has 1 N–H and O–H groups in total. The lowest BCUT2D eigenvalue weighted by atomic mass is 9.92. The first-order chi connectivity index (χ1) is 17.3.